The lowest BCUT2D eigenvalue weighted by molar-refractivity contribution is -0.132. The minimum atomic E-state index is -3.68. The first-order valence-corrected chi connectivity index (χ1v) is 15.1. The number of carbonyl (C=O) groups is 3. The van der Waals surface area contributed by atoms with Gasteiger partial charge in [0.15, 0.2) is 15.9 Å². The first-order valence-electron chi connectivity index (χ1n) is 13.4. The maximum atomic E-state index is 13.0. The molecule has 0 aromatic heterocycles. The van der Waals surface area contributed by atoms with Gasteiger partial charge >= 0.3 is 6.09 Å². The average Bonchev–Trinajstić information content (AvgIpc) is 3.19. The Hall–Kier alpha value is -4.59. The molecule has 0 aliphatic carbocycles. The van der Waals surface area contributed by atoms with Gasteiger partial charge in [-0.05, 0) is 57.5 Å². The fraction of sp³-hybridized carbons (Fsp3) is 0.379. The number of nitrogens with one attached hydrogen (secondary N) is 1. The number of sulfone groups is 1. The predicted octanol–water partition coefficient (Wildman–Crippen LogP) is 3.51. The number of nitrogens with two attached hydrogens (primary N) is 1. The van der Waals surface area contributed by atoms with E-state index in [4.69, 9.17) is 19.9 Å². The Kier molecular flexibility index (Phi) is 10.4. The number of likely N-dealkylation sites (tertiary alicyclic amines) is 1. The number of phenols is 1. The van der Waals surface area contributed by atoms with Crippen molar-refractivity contribution in [1.82, 2.24) is 10.2 Å². The number of phenolic OH excluding ortho intramolecular Hbond substituents is 1. The molecule has 0 spiro atoms. The molecular weight excluding hydrogens is 580 g/mol. The number of alkyl carbamates (subject to hydrolysis) is 1. The van der Waals surface area contributed by atoms with Crippen LogP contribution in [0, 0.1) is 0 Å². The van der Waals surface area contributed by atoms with Gasteiger partial charge in [0.1, 0.15) is 39.3 Å². The van der Waals surface area contributed by atoms with Gasteiger partial charge in [0.25, 0.3) is 11.8 Å². The molecule has 1 aliphatic rings. The molecule has 1 fully saturated rings. The van der Waals surface area contributed by atoms with Crippen molar-refractivity contribution in [3.63, 3.8) is 0 Å². The summed E-state index contributed by atoms with van der Waals surface area (Å²) in [5.74, 6) is -1.55. The zero-order chi connectivity index (χ0) is 31.9. The van der Waals surface area contributed by atoms with Gasteiger partial charge in [0.2, 0.25) is 0 Å². The van der Waals surface area contributed by atoms with Crippen LogP contribution in [0.5, 0.6) is 23.0 Å². The number of benzene rings is 2. The van der Waals surface area contributed by atoms with Crippen LogP contribution in [0.2, 0.25) is 0 Å². The van der Waals surface area contributed by atoms with Crippen molar-refractivity contribution in [3.8, 4) is 23.0 Å². The molecule has 2 aromatic carbocycles. The van der Waals surface area contributed by atoms with Gasteiger partial charge in [0, 0.05) is 43.9 Å². The number of aliphatic imine (C=N–C) groups is 1. The number of aromatic hydroxyl groups is 1. The van der Waals surface area contributed by atoms with Crippen molar-refractivity contribution in [2.45, 2.75) is 57.1 Å². The van der Waals surface area contributed by atoms with Crippen LogP contribution in [0.1, 0.15) is 50.9 Å². The molecule has 1 atom stereocenters. The van der Waals surface area contributed by atoms with E-state index in [1.165, 1.54) is 47.5 Å². The minimum Gasteiger partial charge on any atom is -0.506 e. The van der Waals surface area contributed by atoms with Crippen LogP contribution in [-0.4, -0.2) is 73.2 Å². The Balaban J connectivity index is 1.87. The third kappa shape index (κ3) is 9.46. The van der Waals surface area contributed by atoms with Gasteiger partial charge in [-0.15, -0.1) is 0 Å². The summed E-state index contributed by atoms with van der Waals surface area (Å²) in [7, 11) is -2.03. The maximum absolute atomic E-state index is 13.0. The molecule has 2 aromatic rings. The molecule has 0 radical (unpaired) electrons. The summed E-state index contributed by atoms with van der Waals surface area (Å²) in [6.45, 7) is 7.33. The Labute approximate surface area is 250 Å². The Morgan fingerprint density at radius 3 is 2.47 bits per heavy atom. The average molecular weight is 617 g/mol. The highest BCUT2D eigenvalue weighted by Crippen LogP contribution is 2.33. The second-order valence-electron chi connectivity index (χ2n) is 10.7. The molecule has 13 nitrogen and oxygen atoms in total. The molecule has 0 bridgehead atoms. The number of hydrogen-bond acceptors (Lipinski definition) is 9. The van der Waals surface area contributed by atoms with Gasteiger partial charge in [-0.2, -0.15) is 4.99 Å². The topological polar surface area (TPSA) is 187 Å². The SMILES string of the molecule is CCCS(=O)(=O)c1ccc(Oc2cc(OC3CCN(C)C3=O)cc(C(=O)N=C(N)/C=C\NC(=O)OC(C)(C)C)c2)cc1O. The molecule has 232 valence electrons. The van der Waals surface area contributed by atoms with Crippen molar-refractivity contribution < 1.29 is 42.1 Å². The fourth-order valence-electron chi connectivity index (χ4n) is 3.95. The van der Waals surface area contributed by atoms with Crippen LogP contribution in [0.15, 0.2) is 58.6 Å². The lowest BCUT2D eigenvalue weighted by atomic mass is 10.2. The van der Waals surface area contributed by atoms with Gasteiger partial charge in [-0.25, -0.2) is 13.2 Å². The number of amides is 3. The Morgan fingerprint density at radius 1 is 1.16 bits per heavy atom. The first kappa shape index (κ1) is 32.9. The van der Waals surface area contributed by atoms with Crippen molar-refractivity contribution in [2.75, 3.05) is 19.3 Å². The van der Waals surface area contributed by atoms with Gasteiger partial charge in [-0.3, -0.25) is 14.9 Å². The summed E-state index contributed by atoms with van der Waals surface area (Å²) in [6.07, 6.45) is 1.70. The lowest BCUT2D eigenvalue weighted by Gasteiger charge is -2.18. The molecule has 3 amide bonds. The Bertz CT molecular complexity index is 1550. The summed E-state index contributed by atoms with van der Waals surface area (Å²) in [5, 5.41) is 12.7. The van der Waals surface area contributed by atoms with E-state index >= 15 is 0 Å². The third-order valence-corrected chi connectivity index (χ3v) is 7.80. The molecule has 43 heavy (non-hydrogen) atoms. The summed E-state index contributed by atoms with van der Waals surface area (Å²) in [6, 6.07) is 7.90. The Morgan fingerprint density at radius 2 is 1.86 bits per heavy atom. The number of carbonyl (C=O) groups excluding carboxylic acids is 3. The molecule has 1 aliphatic heterocycles. The van der Waals surface area contributed by atoms with Gasteiger partial charge in [-0.1, -0.05) is 6.92 Å². The summed E-state index contributed by atoms with van der Waals surface area (Å²) in [5.41, 5.74) is 5.13. The zero-order valence-corrected chi connectivity index (χ0v) is 25.4. The molecule has 3 rings (SSSR count). The van der Waals surface area contributed by atoms with E-state index in [1.54, 1.807) is 34.7 Å². The van der Waals surface area contributed by atoms with E-state index in [1.807, 2.05) is 0 Å². The third-order valence-electron chi connectivity index (χ3n) is 5.84. The predicted molar refractivity (Wildman–Crippen MR) is 158 cm³/mol. The van der Waals surface area contributed by atoms with Crippen LogP contribution < -0.4 is 20.5 Å². The monoisotopic (exact) mass is 616 g/mol. The largest absolute Gasteiger partial charge is 0.506 e. The lowest BCUT2D eigenvalue weighted by Crippen LogP contribution is -2.30. The summed E-state index contributed by atoms with van der Waals surface area (Å²) >= 11 is 0. The van der Waals surface area contributed by atoms with E-state index in [9.17, 15) is 27.9 Å². The minimum absolute atomic E-state index is 0.00545. The van der Waals surface area contributed by atoms with E-state index in [-0.39, 0.29) is 45.2 Å². The van der Waals surface area contributed by atoms with Crippen LogP contribution in [0.4, 0.5) is 4.79 Å². The van der Waals surface area contributed by atoms with Crippen molar-refractivity contribution in [3.05, 3.63) is 54.2 Å². The highest BCUT2D eigenvalue weighted by Gasteiger charge is 2.31. The second kappa shape index (κ2) is 13.6. The summed E-state index contributed by atoms with van der Waals surface area (Å²) in [4.78, 5) is 42.3. The molecular formula is C29H36N4O9S. The van der Waals surface area contributed by atoms with E-state index < -0.39 is 39.3 Å². The standard InChI is InChI=1S/C29H36N4O9S/c1-6-13-43(38,39)24-8-7-19(17-22(24)34)40-20-14-18(15-21(16-20)41-23-10-12-33(5)27(23)36)26(35)32-25(30)9-11-31-28(37)42-29(2,3)4/h7-9,11,14-17,23,34H,6,10,12-13H2,1-5H3,(H,31,37)(H2,30,32,35)/b11-9-. The highest BCUT2D eigenvalue weighted by atomic mass is 32.2. The molecule has 1 heterocycles. The zero-order valence-electron chi connectivity index (χ0n) is 24.6. The van der Waals surface area contributed by atoms with Crippen LogP contribution in [0.3, 0.4) is 0 Å². The molecule has 1 saturated heterocycles. The normalized spacial score (nSPS) is 15.9. The number of rotatable bonds is 10. The molecule has 14 heteroatoms. The van der Waals surface area contributed by atoms with E-state index in [0.29, 0.717) is 19.4 Å². The quantitative estimate of drug-likeness (QED) is 0.263. The van der Waals surface area contributed by atoms with Gasteiger partial charge < -0.3 is 30.0 Å². The van der Waals surface area contributed by atoms with Gasteiger partial charge in [0.05, 0.1) is 5.75 Å². The first-order chi connectivity index (χ1) is 20.1. The number of likely N-dealkylation sites (N-methyl/N-ethyl adjacent to an activating group) is 1. The maximum Gasteiger partial charge on any atom is 0.411 e. The number of hydrogen-bond donors (Lipinski definition) is 3. The van der Waals surface area contributed by atoms with Crippen molar-refractivity contribution >= 4 is 33.6 Å². The van der Waals surface area contributed by atoms with Crippen molar-refractivity contribution in [2.24, 2.45) is 10.7 Å². The van der Waals surface area contributed by atoms with Crippen molar-refractivity contribution in [1.29, 1.82) is 0 Å². The van der Waals surface area contributed by atoms with Crippen LogP contribution in [-0.2, 0) is 19.4 Å². The number of amidine groups is 1. The molecule has 4 N–H and O–H groups in total. The number of ether oxygens (including phenoxy) is 3. The van der Waals surface area contributed by atoms with Crippen LogP contribution in [0.25, 0.3) is 0 Å². The molecule has 0 saturated carbocycles. The smallest absolute Gasteiger partial charge is 0.411 e. The number of nitrogens with zero attached hydrogens (tertiary/aromatic N) is 2. The fourth-order valence-corrected chi connectivity index (χ4v) is 5.36. The highest BCUT2D eigenvalue weighted by molar-refractivity contribution is 7.91. The van der Waals surface area contributed by atoms with Crippen LogP contribution >= 0.6 is 0 Å². The summed E-state index contributed by atoms with van der Waals surface area (Å²) < 4.78 is 41.6. The molecule has 1 unspecified atom stereocenters. The second-order valence-corrected chi connectivity index (χ2v) is 12.8. The van der Waals surface area contributed by atoms with E-state index in [2.05, 4.69) is 10.3 Å². The van der Waals surface area contributed by atoms with E-state index in [0.717, 1.165) is 6.07 Å².